The first-order valence-electron chi connectivity index (χ1n) is 3.11. The molecule has 0 spiro atoms. The zero-order valence-corrected chi connectivity index (χ0v) is 6.97. The maximum absolute atomic E-state index is 3.28. The zero-order chi connectivity index (χ0) is 6.81. The summed E-state index contributed by atoms with van der Waals surface area (Å²) in [6, 6.07) is 0.465. The lowest BCUT2D eigenvalue weighted by molar-refractivity contribution is 0.897. The lowest BCUT2D eigenvalue weighted by Gasteiger charge is -2.06. The number of nitrogens with one attached hydrogen (secondary N) is 2. The summed E-state index contributed by atoms with van der Waals surface area (Å²) in [5.41, 5.74) is 1.44. The molecule has 2 aliphatic rings. The Labute approximate surface area is 68.8 Å². The summed E-state index contributed by atoms with van der Waals surface area (Å²) in [6.07, 6.45) is 4.27. The molecule has 2 nitrogen and oxygen atoms in total. The Hall–Kier alpha value is -0.0600. The molecule has 2 rings (SSSR count). The van der Waals surface area contributed by atoms with Gasteiger partial charge in [-0.05, 0) is 22.9 Å². The summed E-state index contributed by atoms with van der Waals surface area (Å²) in [4.78, 5) is 0. The first kappa shape index (κ1) is 6.64. The minimum absolute atomic E-state index is 0.465. The number of rotatable bonds is 1. The summed E-state index contributed by atoms with van der Waals surface area (Å²) in [5.74, 6) is 1.10. The van der Waals surface area contributed by atoms with Crippen molar-refractivity contribution in [3.8, 4) is 0 Å². The van der Waals surface area contributed by atoms with Gasteiger partial charge in [-0.2, -0.15) is 0 Å². The fourth-order valence-corrected chi connectivity index (χ4v) is 2.37. The smallest absolute Gasteiger partial charge is 0.0599 e. The minimum Gasteiger partial charge on any atom is -0.336 e. The molecule has 0 radical (unpaired) electrons. The topological polar surface area (TPSA) is 24.1 Å². The molecule has 2 heterocycles. The van der Waals surface area contributed by atoms with E-state index in [9.17, 15) is 0 Å². The average Bonchev–Trinajstić information content (AvgIpc) is 2.59. The molecule has 54 valence electrons. The third-order valence-corrected chi connectivity index (χ3v) is 2.95. The number of hydrogen-bond donors (Lipinski definition) is 2. The van der Waals surface area contributed by atoms with Crippen LogP contribution in [0.15, 0.2) is 23.3 Å². The van der Waals surface area contributed by atoms with Crippen LogP contribution in [0, 0.1) is 0 Å². The maximum atomic E-state index is 3.28. The maximum Gasteiger partial charge on any atom is 0.0599 e. The van der Waals surface area contributed by atoms with E-state index in [4.69, 9.17) is 0 Å². The van der Waals surface area contributed by atoms with Gasteiger partial charge in [0.25, 0.3) is 0 Å². The van der Waals surface area contributed by atoms with Crippen LogP contribution in [-0.4, -0.2) is 11.8 Å². The Kier molecular flexibility index (Phi) is 1.93. The van der Waals surface area contributed by atoms with Crippen LogP contribution in [0.25, 0.3) is 0 Å². The van der Waals surface area contributed by atoms with Crippen LogP contribution >= 0.6 is 23.9 Å². The summed E-state index contributed by atoms with van der Waals surface area (Å²) in [5, 5.41) is 2.09. The van der Waals surface area contributed by atoms with E-state index in [-0.39, 0.29) is 0 Å². The molecular weight excluding hydrogens is 164 g/mol. The fraction of sp³-hybridized carbons (Fsp3) is 0.333. The highest BCUT2D eigenvalue weighted by Gasteiger charge is 2.16. The predicted molar refractivity (Wildman–Crippen MR) is 47.3 cm³/mol. The van der Waals surface area contributed by atoms with Gasteiger partial charge in [-0.25, -0.2) is 4.72 Å². The molecule has 0 amide bonds. The van der Waals surface area contributed by atoms with Gasteiger partial charge in [-0.3, -0.25) is 0 Å². The van der Waals surface area contributed by atoms with E-state index < -0.39 is 0 Å². The fourth-order valence-electron chi connectivity index (χ4n) is 0.933. The van der Waals surface area contributed by atoms with Gasteiger partial charge in [-0.15, -0.1) is 0 Å². The van der Waals surface area contributed by atoms with E-state index in [0.717, 1.165) is 5.75 Å². The van der Waals surface area contributed by atoms with Crippen molar-refractivity contribution in [3.05, 3.63) is 23.3 Å². The van der Waals surface area contributed by atoms with E-state index in [1.807, 2.05) is 0 Å². The van der Waals surface area contributed by atoms with Crippen molar-refractivity contribution < 1.29 is 0 Å². The quantitative estimate of drug-likeness (QED) is 0.581. The lowest BCUT2D eigenvalue weighted by Crippen LogP contribution is -2.19. The second-order valence-corrected chi connectivity index (χ2v) is 3.72. The molecule has 0 fully saturated rings. The van der Waals surface area contributed by atoms with Crippen LogP contribution in [0.1, 0.15) is 0 Å². The predicted octanol–water partition coefficient (Wildman–Crippen LogP) is 1.26. The van der Waals surface area contributed by atoms with Gasteiger partial charge >= 0.3 is 0 Å². The van der Waals surface area contributed by atoms with Crippen molar-refractivity contribution in [1.29, 1.82) is 0 Å². The minimum atomic E-state index is 0.465. The van der Waals surface area contributed by atoms with Crippen LogP contribution in [0.5, 0.6) is 0 Å². The first-order valence-corrected chi connectivity index (χ1v) is 4.97. The Balaban J connectivity index is 2.04. The van der Waals surface area contributed by atoms with Gasteiger partial charge in [0.05, 0.1) is 6.04 Å². The van der Waals surface area contributed by atoms with Crippen molar-refractivity contribution in [3.63, 3.8) is 0 Å². The van der Waals surface area contributed by atoms with Crippen LogP contribution in [-0.2, 0) is 0 Å². The van der Waals surface area contributed by atoms with E-state index in [0.29, 0.717) is 6.04 Å². The van der Waals surface area contributed by atoms with Crippen LogP contribution in [0.3, 0.4) is 0 Å². The highest BCUT2D eigenvalue weighted by atomic mass is 32.2. The van der Waals surface area contributed by atoms with Gasteiger partial charge in [0.15, 0.2) is 0 Å². The van der Waals surface area contributed by atoms with Gasteiger partial charge in [0, 0.05) is 12.0 Å². The lowest BCUT2D eigenvalue weighted by atomic mass is 10.1. The molecular formula is C6H8N2S2. The molecule has 0 aromatic rings. The van der Waals surface area contributed by atoms with Crippen molar-refractivity contribution >= 4 is 23.9 Å². The SMILES string of the molecule is C1=CC(C2=CNSC2)NS1. The Bertz CT molecular complexity index is 188. The molecule has 0 aliphatic carbocycles. The molecule has 1 atom stereocenters. The van der Waals surface area contributed by atoms with Gasteiger partial charge in [0.2, 0.25) is 0 Å². The average molecular weight is 172 g/mol. The van der Waals surface area contributed by atoms with Crippen molar-refractivity contribution in [2.45, 2.75) is 6.04 Å². The normalized spacial score (nSPS) is 30.4. The highest BCUT2D eigenvalue weighted by Crippen LogP contribution is 2.21. The summed E-state index contributed by atoms with van der Waals surface area (Å²) in [7, 11) is 0. The molecule has 0 aromatic carbocycles. The second kappa shape index (κ2) is 2.90. The van der Waals surface area contributed by atoms with Gasteiger partial charge < -0.3 is 4.72 Å². The summed E-state index contributed by atoms with van der Waals surface area (Å²) < 4.78 is 6.40. The first-order chi connectivity index (χ1) is 4.97. The van der Waals surface area contributed by atoms with Crippen molar-refractivity contribution in [2.75, 3.05) is 5.75 Å². The second-order valence-electron chi connectivity index (χ2n) is 2.17. The van der Waals surface area contributed by atoms with E-state index >= 15 is 0 Å². The van der Waals surface area contributed by atoms with E-state index in [1.165, 1.54) is 5.57 Å². The zero-order valence-electron chi connectivity index (χ0n) is 5.33. The van der Waals surface area contributed by atoms with Crippen molar-refractivity contribution in [2.24, 2.45) is 0 Å². The van der Waals surface area contributed by atoms with E-state index in [1.54, 1.807) is 23.9 Å². The molecule has 0 bridgehead atoms. The molecule has 4 heteroatoms. The molecule has 2 N–H and O–H groups in total. The Morgan fingerprint density at radius 2 is 2.60 bits per heavy atom. The molecule has 10 heavy (non-hydrogen) atoms. The summed E-state index contributed by atoms with van der Waals surface area (Å²) in [6.45, 7) is 0. The molecule has 0 saturated carbocycles. The van der Waals surface area contributed by atoms with Crippen molar-refractivity contribution in [1.82, 2.24) is 9.44 Å². The van der Waals surface area contributed by atoms with E-state index in [2.05, 4.69) is 27.1 Å². The third-order valence-electron chi connectivity index (χ3n) is 1.50. The number of hydrogen-bond acceptors (Lipinski definition) is 4. The highest BCUT2D eigenvalue weighted by molar-refractivity contribution is 8.00. The summed E-state index contributed by atoms with van der Waals surface area (Å²) >= 11 is 3.40. The van der Waals surface area contributed by atoms with Gasteiger partial charge in [0.1, 0.15) is 0 Å². The molecule has 1 unspecified atom stereocenters. The molecule has 0 saturated heterocycles. The standard InChI is InChI=1S/C6H8N2S2/c1-2-9-8-6(1)5-3-7-10-4-5/h1-3,6-8H,4H2. The molecule has 2 aliphatic heterocycles. The monoisotopic (exact) mass is 172 g/mol. The molecule has 0 aromatic heterocycles. The van der Waals surface area contributed by atoms with Crippen LogP contribution in [0.2, 0.25) is 0 Å². The Morgan fingerprint density at radius 1 is 1.60 bits per heavy atom. The van der Waals surface area contributed by atoms with Crippen LogP contribution < -0.4 is 9.44 Å². The largest absolute Gasteiger partial charge is 0.336 e. The van der Waals surface area contributed by atoms with Gasteiger partial charge in [-0.1, -0.05) is 18.0 Å². The van der Waals surface area contributed by atoms with Crippen LogP contribution in [0.4, 0.5) is 0 Å². The Morgan fingerprint density at radius 3 is 3.20 bits per heavy atom. The third kappa shape index (κ3) is 1.19.